The number of hydrogen-bond donors (Lipinski definition) is 0. The fourth-order valence-electron chi connectivity index (χ4n) is 2.13. The largest absolute Gasteiger partial charge is 0.287 e. The minimum Gasteiger partial charge on any atom is -0.287 e. The molecule has 3 aromatic rings. The topological polar surface area (TPSA) is 34.9 Å². The number of hydrogen-bond acceptors (Lipinski definition) is 2. The molecule has 0 radical (unpaired) electrons. The molecular formula is C15H11BrN2O. The Morgan fingerprint density at radius 2 is 1.89 bits per heavy atom. The van der Waals surface area contributed by atoms with Crippen molar-refractivity contribution in [2.24, 2.45) is 7.05 Å². The first kappa shape index (κ1) is 12.1. The van der Waals surface area contributed by atoms with Gasteiger partial charge < -0.3 is 0 Å². The van der Waals surface area contributed by atoms with Crippen molar-refractivity contribution in [3.63, 3.8) is 0 Å². The summed E-state index contributed by atoms with van der Waals surface area (Å²) >= 11 is 3.36. The second-order valence-corrected chi connectivity index (χ2v) is 5.21. The van der Waals surface area contributed by atoms with Gasteiger partial charge in [-0.25, -0.2) is 0 Å². The zero-order valence-electron chi connectivity index (χ0n) is 10.3. The molecule has 0 saturated heterocycles. The van der Waals surface area contributed by atoms with Gasteiger partial charge in [-0.05, 0) is 32.8 Å². The van der Waals surface area contributed by atoms with E-state index < -0.39 is 0 Å². The zero-order chi connectivity index (χ0) is 13.4. The summed E-state index contributed by atoms with van der Waals surface area (Å²) < 4.78 is 2.30. The van der Waals surface area contributed by atoms with Crippen LogP contribution in [0, 0.1) is 0 Å². The molecule has 0 amide bonds. The van der Waals surface area contributed by atoms with Gasteiger partial charge >= 0.3 is 0 Å². The molecule has 0 unspecified atom stereocenters. The molecule has 3 rings (SSSR count). The van der Waals surface area contributed by atoms with Crippen LogP contribution in [-0.2, 0) is 7.05 Å². The molecule has 0 fully saturated rings. The SMILES string of the molecule is Cn1ncc(Br)c1C(=O)c1ccc2ccccc2c1. The molecule has 0 aliphatic rings. The van der Waals surface area contributed by atoms with Gasteiger partial charge in [0.1, 0.15) is 5.69 Å². The lowest BCUT2D eigenvalue weighted by Crippen LogP contribution is -2.08. The highest BCUT2D eigenvalue weighted by molar-refractivity contribution is 9.10. The Morgan fingerprint density at radius 3 is 2.58 bits per heavy atom. The van der Waals surface area contributed by atoms with E-state index in [1.165, 1.54) is 0 Å². The summed E-state index contributed by atoms with van der Waals surface area (Å²) in [7, 11) is 1.76. The lowest BCUT2D eigenvalue weighted by Gasteiger charge is -2.04. The van der Waals surface area contributed by atoms with Gasteiger partial charge in [0.15, 0.2) is 0 Å². The Morgan fingerprint density at radius 1 is 1.16 bits per heavy atom. The Hall–Kier alpha value is -1.94. The minimum absolute atomic E-state index is 0.0300. The van der Waals surface area contributed by atoms with Crippen LogP contribution in [0.25, 0.3) is 10.8 Å². The molecule has 2 aromatic carbocycles. The number of aryl methyl sites for hydroxylation is 1. The third kappa shape index (κ3) is 2.08. The first-order valence-electron chi connectivity index (χ1n) is 5.88. The van der Waals surface area contributed by atoms with E-state index in [1.807, 2.05) is 42.5 Å². The molecule has 0 aliphatic heterocycles. The van der Waals surface area contributed by atoms with E-state index in [2.05, 4.69) is 21.0 Å². The fourth-order valence-corrected chi connectivity index (χ4v) is 2.66. The van der Waals surface area contributed by atoms with Crippen molar-refractivity contribution in [2.75, 3.05) is 0 Å². The summed E-state index contributed by atoms with van der Waals surface area (Å²) in [6.45, 7) is 0. The number of fused-ring (bicyclic) bond motifs is 1. The van der Waals surface area contributed by atoms with Crippen LogP contribution < -0.4 is 0 Å². The molecule has 3 nitrogen and oxygen atoms in total. The van der Waals surface area contributed by atoms with Crippen LogP contribution in [0.4, 0.5) is 0 Å². The molecule has 0 atom stereocenters. The molecule has 94 valence electrons. The molecule has 0 N–H and O–H groups in total. The maximum atomic E-state index is 12.5. The number of halogens is 1. The quantitative estimate of drug-likeness (QED) is 0.678. The Kier molecular flexibility index (Phi) is 2.95. The van der Waals surface area contributed by atoms with E-state index in [1.54, 1.807) is 17.9 Å². The molecule has 1 heterocycles. The predicted molar refractivity (Wildman–Crippen MR) is 78.3 cm³/mol. The summed E-state index contributed by atoms with van der Waals surface area (Å²) in [6, 6.07) is 13.7. The van der Waals surface area contributed by atoms with Crippen molar-refractivity contribution in [1.29, 1.82) is 0 Å². The molecule has 0 bridgehead atoms. The minimum atomic E-state index is -0.0300. The first-order valence-corrected chi connectivity index (χ1v) is 6.67. The number of rotatable bonds is 2. The Balaban J connectivity index is 2.12. The average Bonchev–Trinajstić information content (AvgIpc) is 2.77. The van der Waals surface area contributed by atoms with Gasteiger partial charge in [0.25, 0.3) is 0 Å². The monoisotopic (exact) mass is 314 g/mol. The van der Waals surface area contributed by atoms with Crippen LogP contribution in [0.3, 0.4) is 0 Å². The molecule has 0 aliphatic carbocycles. The molecule has 19 heavy (non-hydrogen) atoms. The molecular weight excluding hydrogens is 304 g/mol. The molecule has 1 aromatic heterocycles. The van der Waals surface area contributed by atoms with Gasteiger partial charge in [0.05, 0.1) is 10.7 Å². The standard InChI is InChI=1S/C15H11BrN2O/c1-18-14(13(16)9-17-18)15(19)12-7-6-10-4-2-3-5-11(10)8-12/h2-9H,1H3. The Labute approximate surface area is 119 Å². The number of ketones is 1. The number of carbonyl (C=O) groups excluding carboxylic acids is 1. The zero-order valence-corrected chi connectivity index (χ0v) is 11.9. The van der Waals surface area contributed by atoms with Crippen LogP contribution in [0.15, 0.2) is 53.1 Å². The van der Waals surface area contributed by atoms with Crippen LogP contribution in [0.1, 0.15) is 16.1 Å². The first-order chi connectivity index (χ1) is 9.16. The van der Waals surface area contributed by atoms with Gasteiger partial charge in [0.2, 0.25) is 5.78 Å². The van der Waals surface area contributed by atoms with Crippen molar-refractivity contribution < 1.29 is 4.79 Å². The van der Waals surface area contributed by atoms with Gasteiger partial charge in [-0.1, -0.05) is 36.4 Å². The van der Waals surface area contributed by atoms with Gasteiger partial charge in [0, 0.05) is 12.6 Å². The van der Waals surface area contributed by atoms with Crippen molar-refractivity contribution in [3.8, 4) is 0 Å². The van der Waals surface area contributed by atoms with Crippen LogP contribution in [0.5, 0.6) is 0 Å². The summed E-state index contributed by atoms with van der Waals surface area (Å²) in [5.41, 5.74) is 1.23. The normalized spacial score (nSPS) is 10.8. The predicted octanol–water partition coefficient (Wildman–Crippen LogP) is 3.57. The Bertz CT molecular complexity index is 757. The second kappa shape index (κ2) is 4.63. The van der Waals surface area contributed by atoms with Gasteiger partial charge in [-0.15, -0.1) is 0 Å². The lowest BCUT2D eigenvalue weighted by molar-refractivity contribution is 0.102. The smallest absolute Gasteiger partial charge is 0.212 e. The second-order valence-electron chi connectivity index (χ2n) is 4.36. The van der Waals surface area contributed by atoms with E-state index in [0.717, 1.165) is 10.8 Å². The van der Waals surface area contributed by atoms with Crippen LogP contribution >= 0.6 is 15.9 Å². The van der Waals surface area contributed by atoms with E-state index in [-0.39, 0.29) is 5.78 Å². The average molecular weight is 315 g/mol. The van der Waals surface area contributed by atoms with Crippen molar-refractivity contribution in [2.45, 2.75) is 0 Å². The van der Waals surface area contributed by atoms with E-state index in [9.17, 15) is 4.79 Å². The van der Waals surface area contributed by atoms with Crippen molar-refractivity contribution >= 4 is 32.5 Å². The van der Waals surface area contributed by atoms with Crippen molar-refractivity contribution in [3.05, 3.63) is 64.4 Å². The lowest BCUT2D eigenvalue weighted by atomic mass is 10.0. The van der Waals surface area contributed by atoms with Crippen LogP contribution in [-0.4, -0.2) is 15.6 Å². The summed E-state index contributed by atoms with van der Waals surface area (Å²) in [6.07, 6.45) is 1.63. The maximum absolute atomic E-state index is 12.5. The number of benzene rings is 2. The third-order valence-corrected chi connectivity index (χ3v) is 3.70. The van der Waals surface area contributed by atoms with Crippen LogP contribution in [0.2, 0.25) is 0 Å². The highest BCUT2D eigenvalue weighted by Gasteiger charge is 2.17. The van der Waals surface area contributed by atoms with E-state index in [4.69, 9.17) is 0 Å². The fraction of sp³-hybridized carbons (Fsp3) is 0.0667. The molecule has 0 saturated carbocycles. The van der Waals surface area contributed by atoms with Gasteiger partial charge in [-0.2, -0.15) is 5.10 Å². The number of aromatic nitrogens is 2. The van der Waals surface area contributed by atoms with Gasteiger partial charge in [-0.3, -0.25) is 9.48 Å². The maximum Gasteiger partial charge on any atom is 0.212 e. The number of carbonyl (C=O) groups is 1. The molecule has 0 spiro atoms. The highest BCUT2D eigenvalue weighted by atomic mass is 79.9. The van der Waals surface area contributed by atoms with Crippen molar-refractivity contribution in [1.82, 2.24) is 9.78 Å². The van der Waals surface area contributed by atoms with E-state index >= 15 is 0 Å². The third-order valence-electron chi connectivity index (χ3n) is 3.12. The van der Waals surface area contributed by atoms with E-state index in [0.29, 0.717) is 15.7 Å². The number of nitrogens with zero attached hydrogens (tertiary/aromatic N) is 2. The highest BCUT2D eigenvalue weighted by Crippen LogP contribution is 2.22. The summed E-state index contributed by atoms with van der Waals surface area (Å²) in [5, 5.41) is 6.26. The molecule has 4 heteroatoms. The summed E-state index contributed by atoms with van der Waals surface area (Å²) in [4.78, 5) is 12.5. The summed E-state index contributed by atoms with van der Waals surface area (Å²) in [5.74, 6) is -0.0300.